The average Bonchev–Trinajstić information content (AvgIpc) is 3.15. The summed E-state index contributed by atoms with van der Waals surface area (Å²) in [6, 6.07) is 7.87. The lowest BCUT2D eigenvalue weighted by molar-refractivity contribution is -0.696. The van der Waals surface area contributed by atoms with Gasteiger partial charge in [-0.1, -0.05) is 0 Å². The molecule has 0 saturated carbocycles. The van der Waals surface area contributed by atoms with Gasteiger partial charge in [-0.3, -0.25) is 14.3 Å². The van der Waals surface area contributed by atoms with Crippen molar-refractivity contribution in [1.29, 1.82) is 0 Å². The van der Waals surface area contributed by atoms with E-state index >= 15 is 0 Å². The van der Waals surface area contributed by atoms with Gasteiger partial charge < -0.3 is 4.98 Å². The predicted octanol–water partition coefficient (Wildman–Crippen LogP) is 3.83. The molecule has 1 amide bonds. The van der Waals surface area contributed by atoms with Gasteiger partial charge in [0.05, 0.1) is 17.2 Å². The molecule has 2 aromatic heterocycles. The van der Waals surface area contributed by atoms with Gasteiger partial charge in [0.2, 0.25) is 15.9 Å². The van der Waals surface area contributed by atoms with Gasteiger partial charge >= 0.3 is 0 Å². The van der Waals surface area contributed by atoms with Crippen LogP contribution in [0.15, 0.2) is 36.7 Å². The topological polar surface area (TPSA) is 100.0 Å². The van der Waals surface area contributed by atoms with Crippen LogP contribution < -0.4 is 9.29 Å². The minimum absolute atomic E-state index is 0.206. The summed E-state index contributed by atoms with van der Waals surface area (Å²) < 4.78 is 26.3. The summed E-state index contributed by atoms with van der Waals surface area (Å²) >= 11 is 0. The summed E-state index contributed by atoms with van der Waals surface area (Å²) in [4.78, 5) is 26.4. The number of hydrogen-bond acceptors (Lipinski definition) is 4. The van der Waals surface area contributed by atoms with Gasteiger partial charge in [-0.2, -0.15) is 0 Å². The smallest absolute Gasteiger partial charge is 0.233 e. The molecule has 0 unspecified atom stereocenters. The molecule has 4 rings (SSSR count). The number of fused-ring (bicyclic) bond motifs is 4. The predicted molar refractivity (Wildman–Crippen MR) is 130 cm³/mol. The lowest BCUT2D eigenvalue weighted by atomic mass is 9.96. The molecule has 0 fully saturated rings. The SMILES string of the molecule is Cc1c2c[n+](CCCCCC(=O)NS(C)(=O)=O)ccc2c(C)c2c1[nH]c1ccc(C=O)cc12. The highest BCUT2D eigenvalue weighted by atomic mass is 32.2. The zero-order chi connectivity index (χ0) is 23.8. The van der Waals surface area contributed by atoms with Crippen LogP contribution in [0.25, 0.3) is 32.6 Å². The van der Waals surface area contributed by atoms with E-state index in [1.165, 1.54) is 21.9 Å². The molecule has 172 valence electrons. The van der Waals surface area contributed by atoms with Crippen molar-refractivity contribution in [2.24, 2.45) is 0 Å². The molecule has 7 nitrogen and oxygen atoms in total. The fourth-order valence-electron chi connectivity index (χ4n) is 4.54. The number of rotatable bonds is 8. The summed E-state index contributed by atoms with van der Waals surface area (Å²) in [5.74, 6) is -0.454. The molecule has 0 aliphatic heterocycles. The van der Waals surface area contributed by atoms with E-state index in [-0.39, 0.29) is 6.42 Å². The Hall–Kier alpha value is -3.26. The van der Waals surface area contributed by atoms with Crippen LogP contribution in [0.3, 0.4) is 0 Å². The zero-order valence-electron chi connectivity index (χ0n) is 19.1. The monoisotopic (exact) mass is 466 g/mol. The molecular formula is C25H28N3O4S+. The molecular weight excluding hydrogens is 438 g/mol. The minimum Gasteiger partial charge on any atom is -0.354 e. The number of unbranched alkanes of at least 4 members (excludes halogenated alkanes) is 2. The van der Waals surface area contributed by atoms with E-state index in [1.54, 1.807) is 0 Å². The number of aromatic amines is 1. The van der Waals surface area contributed by atoms with Crippen LogP contribution >= 0.6 is 0 Å². The molecule has 0 aliphatic rings. The Kier molecular flexibility index (Phi) is 6.21. The first-order chi connectivity index (χ1) is 15.7. The molecule has 0 saturated heterocycles. The molecule has 0 aliphatic carbocycles. The molecule has 8 heteroatoms. The molecule has 2 N–H and O–H groups in total. The molecule has 2 aromatic carbocycles. The quantitative estimate of drug-likeness (QED) is 0.234. The van der Waals surface area contributed by atoms with Gasteiger partial charge in [0.1, 0.15) is 12.8 Å². The Balaban J connectivity index is 1.55. The summed E-state index contributed by atoms with van der Waals surface area (Å²) in [5.41, 5.74) is 5.13. The van der Waals surface area contributed by atoms with Crippen LogP contribution in [-0.4, -0.2) is 31.9 Å². The van der Waals surface area contributed by atoms with Gasteiger partial charge in [-0.15, -0.1) is 0 Å². The van der Waals surface area contributed by atoms with Gasteiger partial charge in [0.15, 0.2) is 12.4 Å². The Labute approximate surface area is 192 Å². The van der Waals surface area contributed by atoms with Crippen molar-refractivity contribution in [3.63, 3.8) is 0 Å². The normalized spacial score (nSPS) is 12.0. The second-order valence-corrected chi connectivity index (χ2v) is 10.4. The van der Waals surface area contributed by atoms with Crippen LogP contribution in [0.4, 0.5) is 0 Å². The highest BCUT2D eigenvalue weighted by Crippen LogP contribution is 2.36. The number of aromatic nitrogens is 2. The number of nitrogens with one attached hydrogen (secondary N) is 2. The second kappa shape index (κ2) is 8.94. The number of benzene rings is 2. The van der Waals surface area contributed by atoms with Gasteiger partial charge in [-0.05, 0) is 61.4 Å². The van der Waals surface area contributed by atoms with Crippen molar-refractivity contribution in [2.75, 3.05) is 6.26 Å². The molecule has 33 heavy (non-hydrogen) atoms. The third-order valence-corrected chi connectivity index (χ3v) is 6.75. The lowest BCUT2D eigenvalue weighted by Crippen LogP contribution is -2.32. The third kappa shape index (κ3) is 4.75. The number of hydrogen-bond donors (Lipinski definition) is 2. The molecule has 2 heterocycles. The molecule has 0 spiro atoms. The number of carbonyl (C=O) groups excluding carboxylic acids is 2. The summed E-state index contributed by atoms with van der Waals surface area (Å²) in [5, 5.41) is 4.58. The highest BCUT2D eigenvalue weighted by Gasteiger charge is 2.17. The van der Waals surface area contributed by atoms with Crippen LogP contribution in [0.1, 0.15) is 47.2 Å². The second-order valence-electron chi connectivity index (χ2n) is 8.67. The number of nitrogens with zero attached hydrogens (tertiary/aromatic N) is 1. The summed E-state index contributed by atoms with van der Waals surface area (Å²) in [6.07, 6.45) is 8.67. The summed E-state index contributed by atoms with van der Waals surface area (Å²) in [6.45, 7) is 5.05. The van der Waals surface area contributed by atoms with Crippen molar-refractivity contribution >= 4 is 54.8 Å². The maximum Gasteiger partial charge on any atom is 0.233 e. The lowest BCUT2D eigenvalue weighted by Gasteiger charge is -2.09. The van der Waals surface area contributed by atoms with Gasteiger partial charge in [-0.25, -0.2) is 13.0 Å². The van der Waals surface area contributed by atoms with E-state index in [2.05, 4.69) is 41.9 Å². The number of pyridine rings is 1. The van der Waals surface area contributed by atoms with Crippen LogP contribution in [0.2, 0.25) is 0 Å². The first-order valence-corrected chi connectivity index (χ1v) is 12.9. The fourth-order valence-corrected chi connectivity index (χ4v) is 5.06. The van der Waals surface area contributed by atoms with E-state index < -0.39 is 15.9 Å². The van der Waals surface area contributed by atoms with E-state index in [4.69, 9.17) is 0 Å². The van der Waals surface area contributed by atoms with Crippen molar-refractivity contribution in [1.82, 2.24) is 9.71 Å². The first-order valence-electron chi connectivity index (χ1n) is 11.0. The van der Waals surface area contributed by atoms with E-state index in [0.717, 1.165) is 53.7 Å². The Bertz CT molecular complexity index is 1500. The fraction of sp³-hybridized carbons (Fsp3) is 0.320. The number of aldehydes is 1. The third-order valence-electron chi connectivity index (χ3n) is 6.15. The van der Waals surface area contributed by atoms with E-state index in [1.807, 2.05) is 22.9 Å². The largest absolute Gasteiger partial charge is 0.354 e. The van der Waals surface area contributed by atoms with Crippen molar-refractivity contribution < 1.29 is 22.6 Å². The molecule has 4 aromatic rings. The number of carbonyl (C=O) groups is 2. The minimum atomic E-state index is -3.49. The average molecular weight is 467 g/mol. The van der Waals surface area contributed by atoms with Gasteiger partial charge in [0.25, 0.3) is 0 Å². The molecule has 0 atom stereocenters. The standard InChI is InChI=1S/C25H27N3O4S/c1-16-19-10-12-28(11-6-4-5-7-23(30)27-33(3,31)32)14-21(19)17(2)25-24(16)20-13-18(15-29)8-9-22(20)26-25/h8-10,12-15H,4-7,11H2,1-3H3,(H,27,30)/p+1. The maximum absolute atomic E-state index is 11.6. The van der Waals surface area contributed by atoms with Crippen LogP contribution in [0.5, 0.6) is 0 Å². The van der Waals surface area contributed by atoms with E-state index in [0.29, 0.717) is 12.0 Å². The number of amides is 1. The van der Waals surface area contributed by atoms with Crippen molar-refractivity contribution in [3.8, 4) is 0 Å². The summed E-state index contributed by atoms with van der Waals surface area (Å²) in [7, 11) is -3.49. The Morgan fingerprint density at radius 1 is 1.06 bits per heavy atom. The van der Waals surface area contributed by atoms with Crippen LogP contribution in [0, 0.1) is 13.8 Å². The number of H-pyrrole nitrogens is 1. The number of aryl methyl sites for hydroxylation is 3. The Morgan fingerprint density at radius 2 is 1.85 bits per heavy atom. The van der Waals surface area contributed by atoms with Gasteiger partial charge in [0, 0.05) is 40.8 Å². The zero-order valence-corrected chi connectivity index (χ0v) is 19.9. The molecule has 0 radical (unpaired) electrons. The van der Waals surface area contributed by atoms with Crippen molar-refractivity contribution in [2.45, 2.75) is 46.1 Å². The van der Waals surface area contributed by atoms with Crippen LogP contribution in [-0.2, 0) is 21.4 Å². The van der Waals surface area contributed by atoms with E-state index in [9.17, 15) is 18.0 Å². The first kappa shape index (κ1) is 22.9. The number of sulfonamides is 1. The Morgan fingerprint density at radius 3 is 2.58 bits per heavy atom. The molecule has 0 bridgehead atoms. The van der Waals surface area contributed by atoms with Crippen molar-refractivity contribution in [3.05, 3.63) is 53.3 Å². The highest BCUT2D eigenvalue weighted by molar-refractivity contribution is 7.89. The maximum atomic E-state index is 11.6.